The van der Waals surface area contributed by atoms with Gasteiger partial charge in [0.1, 0.15) is 12.7 Å². The van der Waals surface area contributed by atoms with Gasteiger partial charge >= 0.3 is 0 Å². The van der Waals surface area contributed by atoms with Crippen molar-refractivity contribution in [3.05, 3.63) is 12.7 Å². The van der Waals surface area contributed by atoms with Crippen LogP contribution in [0.25, 0.3) is 0 Å². The number of nitrogens with one attached hydrogen (secondary N) is 2. The fourth-order valence-electron chi connectivity index (χ4n) is 4.04. The van der Waals surface area contributed by atoms with Gasteiger partial charge in [-0.1, -0.05) is 19.3 Å². The van der Waals surface area contributed by atoms with Crippen LogP contribution in [-0.2, 0) is 11.3 Å². The normalized spacial score (nSPS) is 21.4. The smallest absolute Gasteiger partial charge is 0.225 e. The summed E-state index contributed by atoms with van der Waals surface area (Å²) < 4.78 is 1.99. The Morgan fingerprint density at radius 2 is 1.93 bits per heavy atom. The first kappa shape index (κ1) is 19.6. The summed E-state index contributed by atoms with van der Waals surface area (Å²) in [5, 5.41) is 14.5. The maximum atomic E-state index is 12.7. The highest BCUT2D eigenvalue weighted by Crippen LogP contribution is 2.26. The Morgan fingerprint density at radius 3 is 2.67 bits per heavy atom. The lowest BCUT2D eigenvalue weighted by Gasteiger charge is -2.26. The van der Waals surface area contributed by atoms with E-state index in [1.54, 1.807) is 19.7 Å². The van der Waals surface area contributed by atoms with Crippen LogP contribution in [-0.4, -0.2) is 64.3 Å². The molecule has 1 atom stereocenters. The van der Waals surface area contributed by atoms with Crippen molar-refractivity contribution in [3.8, 4) is 0 Å². The Morgan fingerprint density at radius 1 is 1.15 bits per heavy atom. The summed E-state index contributed by atoms with van der Waals surface area (Å²) in [6, 6.07) is 0.292. The molecule has 1 unspecified atom stereocenters. The van der Waals surface area contributed by atoms with E-state index in [4.69, 9.17) is 0 Å². The molecule has 3 rings (SSSR count). The molecule has 1 aromatic heterocycles. The quantitative estimate of drug-likeness (QED) is 0.427. The van der Waals surface area contributed by atoms with Crippen LogP contribution in [0.1, 0.15) is 51.4 Å². The number of hydrogen-bond donors (Lipinski definition) is 2. The number of likely N-dealkylation sites (tertiary alicyclic amines) is 1. The average molecular weight is 376 g/mol. The maximum Gasteiger partial charge on any atom is 0.225 e. The minimum absolute atomic E-state index is 0.264. The Hall–Kier alpha value is -2.12. The van der Waals surface area contributed by atoms with Crippen molar-refractivity contribution in [1.82, 2.24) is 30.3 Å². The van der Waals surface area contributed by atoms with Gasteiger partial charge in [0.25, 0.3) is 0 Å². The number of unbranched alkanes of at least 4 members (excludes halogenated alkanes) is 1. The van der Waals surface area contributed by atoms with Crippen LogP contribution < -0.4 is 10.6 Å². The number of aliphatic imine (C=N–C) groups is 1. The standard InChI is InChI=1S/C19H33N7O/c1-20-19(21-10-5-6-11-25-14-22-23-15-25)24-17-9-12-26(13-17)18(27)16-7-3-2-4-8-16/h14-17H,2-13H2,1H3,(H2,20,21,24). The average Bonchev–Trinajstić information content (AvgIpc) is 3.39. The van der Waals surface area contributed by atoms with E-state index in [0.717, 1.165) is 64.2 Å². The third kappa shape index (κ3) is 5.94. The summed E-state index contributed by atoms with van der Waals surface area (Å²) in [4.78, 5) is 19.1. The Labute approximate surface area is 161 Å². The molecule has 1 saturated heterocycles. The first-order valence-electron chi connectivity index (χ1n) is 10.3. The lowest BCUT2D eigenvalue weighted by atomic mass is 9.88. The molecule has 2 fully saturated rings. The van der Waals surface area contributed by atoms with Gasteiger partial charge in [-0.05, 0) is 32.1 Å². The summed E-state index contributed by atoms with van der Waals surface area (Å²) in [5.74, 6) is 1.47. The Bertz CT molecular complexity index is 595. The van der Waals surface area contributed by atoms with Crippen LogP contribution in [0.3, 0.4) is 0 Å². The summed E-state index contributed by atoms with van der Waals surface area (Å²) in [5.41, 5.74) is 0. The van der Waals surface area contributed by atoms with Gasteiger partial charge in [0.15, 0.2) is 5.96 Å². The number of aryl methyl sites for hydroxylation is 1. The van der Waals surface area contributed by atoms with E-state index in [9.17, 15) is 4.79 Å². The molecule has 27 heavy (non-hydrogen) atoms. The molecule has 2 heterocycles. The molecular weight excluding hydrogens is 342 g/mol. The van der Waals surface area contributed by atoms with Crippen molar-refractivity contribution in [1.29, 1.82) is 0 Å². The number of rotatable bonds is 7. The lowest BCUT2D eigenvalue weighted by molar-refractivity contribution is -0.135. The van der Waals surface area contributed by atoms with E-state index in [2.05, 4.69) is 30.7 Å². The molecule has 1 amide bonds. The van der Waals surface area contributed by atoms with E-state index in [0.29, 0.717) is 11.9 Å². The van der Waals surface area contributed by atoms with Gasteiger partial charge in [0.05, 0.1) is 0 Å². The molecule has 2 N–H and O–H groups in total. The van der Waals surface area contributed by atoms with Crippen LogP contribution in [0.2, 0.25) is 0 Å². The minimum atomic E-state index is 0.264. The molecule has 1 aliphatic carbocycles. The van der Waals surface area contributed by atoms with E-state index in [1.165, 1.54) is 19.3 Å². The van der Waals surface area contributed by atoms with Crippen LogP contribution in [0.4, 0.5) is 0 Å². The monoisotopic (exact) mass is 375 g/mol. The topological polar surface area (TPSA) is 87.4 Å². The van der Waals surface area contributed by atoms with E-state index >= 15 is 0 Å². The third-order valence-electron chi connectivity index (χ3n) is 5.62. The zero-order chi connectivity index (χ0) is 18.9. The number of nitrogens with zero attached hydrogens (tertiary/aromatic N) is 5. The van der Waals surface area contributed by atoms with E-state index in [-0.39, 0.29) is 5.92 Å². The first-order valence-corrected chi connectivity index (χ1v) is 10.3. The molecule has 8 heteroatoms. The highest BCUT2D eigenvalue weighted by atomic mass is 16.2. The molecule has 150 valence electrons. The van der Waals surface area contributed by atoms with E-state index < -0.39 is 0 Å². The number of amides is 1. The largest absolute Gasteiger partial charge is 0.356 e. The molecule has 0 spiro atoms. The first-order chi connectivity index (χ1) is 13.3. The Balaban J connectivity index is 1.33. The van der Waals surface area contributed by atoms with Crippen LogP contribution in [0, 0.1) is 5.92 Å². The van der Waals surface area contributed by atoms with Gasteiger partial charge in [-0.2, -0.15) is 0 Å². The van der Waals surface area contributed by atoms with Crippen molar-refractivity contribution in [2.45, 2.75) is 64.0 Å². The molecule has 0 bridgehead atoms. The van der Waals surface area contributed by atoms with Gasteiger partial charge in [0.2, 0.25) is 5.91 Å². The van der Waals surface area contributed by atoms with Crippen molar-refractivity contribution in [3.63, 3.8) is 0 Å². The van der Waals surface area contributed by atoms with Crippen molar-refractivity contribution >= 4 is 11.9 Å². The maximum absolute atomic E-state index is 12.7. The lowest BCUT2D eigenvalue weighted by Crippen LogP contribution is -2.45. The summed E-state index contributed by atoms with van der Waals surface area (Å²) in [6.45, 7) is 3.47. The van der Waals surface area contributed by atoms with Crippen molar-refractivity contribution < 1.29 is 4.79 Å². The summed E-state index contributed by atoms with van der Waals surface area (Å²) in [6.07, 6.45) is 12.5. The summed E-state index contributed by atoms with van der Waals surface area (Å²) >= 11 is 0. The minimum Gasteiger partial charge on any atom is -0.356 e. The predicted octanol–water partition coefficient (Wildman–Crippen LogP) is 1.40. The number of carbonyl (C=O) groups is 1. The SMILES string of the molecule is CN=C(NCCCCn1cnnc1)NC1CCN(C(=O)C2CCCCC2)C1. The van der Waals surface area contributed by atoms with Gasteiger partial charge in [-0.3, -0.25) is 9.79 Å². The molecule has 1 aliphatic heterocycles. The van der Waals surface area contributed by atoms with Crippen molar-refractivity contribution in [2.24, 2.45) is 10.9 Å². The van der Waals surface area contributed by atoms with Gasteiger partial charge < -0.3 is 20.1 Å². The number of guanidine groups is 1. The number of aromatic nitrogens is 3. The highest BCUT2D eigenvalue weighted by molar-refractivity contribution is 5.81. The molecular formula is C19H33N7O. The third-order valence-corrected chi connectivity index (χ3v) is 5.62. The number of carbonyl (C=O) groups excluding carboxylic acids is 1. The highest BCUT2D eigenvalue weighted by Gasteiger charge is 2.31. The fraction of sp³-hybridized carbons (Fsp3) is 0.789. The molecule has 0 aromatic carbocycles. The fourth-order valence-corrected chi connectivity index (χ4v) is 4.04. The van der Waals surface area contributed by atoms with Crippen LogP contribution in [0.5, 0.6) is 0 Å². The second kappa shape index (κ2) is 10.3. The second-order valence-corrected chi connectivity index (χ2v) is 7.65. The second-order valence-electron chi connectivity index (χ2n) is 7.65. The van der Waals surface area contributed by atoms with Gasteiger partial charge in [-0.25, -0.2) is 0 Å². The molecule has 1 saturated carbocycles. The number of hydrogen-bond acceptors (Lipinski definition) is 4. The van der Waals surface area contributed by atoms with Crippen molar-refractivity contribution in [2.75, 3.05) is 26.7 Å². The Kier molecular flexibility index (Phi) is 7.47. The van der Waals surface area contributed by atoms with Crippen LogP contribution in [0.15, 0.2) is 17.6 Å². The molecule has 1 aromatic rings. The summed E-state index contributed by atoms with van der Waals surface area (Å²) in [7, 11) is 1.80. The zero-order valence-electron chi connectivity index (χ0n) is 16.4. The van der Waals surface area contributed by atoms with Gasteiger partial charge in [-0.15, -0.1) is 10.2 Å². The molecule has 8 nitrogen and oxygen atoms in total. The molecule has 0 radical (unpaired) electrons. The zero-order valence-corrected chi connectivity index (χ0v) is 16.4. The predicted molar refractivity (Wildman–Crippen MR) is 105 cm³/mol. The molecule has 2 aliphatic rings. The van der Waals surface area contributed by atoms with Crippen LogP contribution >= 0.6 is 0 Å². The van der Waals surface area contributed by atoms with E-state index in [1.807, 2.05) is 4.57 Å². The van der Waals surface area contributed by atoms with Gasteiger partial charge in [0, 0.05) is 45.2 Å².